The molecule has 8 nitrogen and oxygen atoms in total. The first-order valence-electron chi connectivity index (χ1n) is 6.19. The molecule has 0 spiro atoms. The minimum Gasteiger partial charge on any atom is -0.450 e. The summed E-state index contributed by atoms with van der Waals surface area (Å²) in [6.07, 6.45) is 5.33. The minimum absolute atomic E-state index is 0.403. The highest BCUT2D eigenvalue weighted by Gasteiger charge is 2.07. The monoisotopic (exact) mass is 298 g/mol. The number of rotatable bonds is 0. The Morgan fingerprint density at radius 1 is 0.750 bits per heavy atom. The van der Waals surface area contributed by atoms with Gasteiger partial charge < -0.3 is 20.4 Å². The minimum atomic E-state index is -1.83. The van der Waals surface area contributed by atoms with E-state index in [-0.39, 0.29) is 0 Å². The molecule has 0 bridgehead atoms. The summed E-state index contributed by atoms with van der Waals surface area (Å²) in [5.41, 5.74) is -0.403. The Balaban J connectivity index is -0.000000197. The summed E-state index contributed by atoms with van der Waals surface area (Å²) in [6, 6.07) is 0. The Morgan fingerprint density at radius 2 is 0.850 bits per heavy atom. The van der Waals surface area contributed by atoms with Crippen LogP contribution in [0.3, 0.4) is 0 Å². The maximum Gasteiger partial charge on any atom is 0.503 e. The van der Waals surface area contributed by atoms with Gasteiger partial charge in [-0.15, -0.1) is 0 Å². The molecule has 1 aliphatic carbocycles. The van der Waals surface area contributed by atoms with E-state index in [0.717, 1.165) is 0 Å². The third-order valence-corrected chi connectivity index (χ3v) is 1.77. The van der Waals surface area contributed by atoms with Crippen LogP contribution in [0.15, 0.2) is 0 Å². The van der Waals surface area contributed by atoms with Crippen LogP contribution in [0, 0.1) is 0 Å². The topological polar surface area (TPSA) is 145 Å². The van der Waals surface area contributed by atoms with Gasteiger partial charge in [-0.3, -0.25) is 5.26 Å². The third kappa shape index (κ3) is 70.7. The van der Waals surface area contributed by atoms with Crippen molar-refractivity contribution in [3.05, 3.63) is 0 Å². The van der Waals surface area contributed by atoms with Gasteiger partial charge in [-0.25, -0.2) is 14.5 Å². The van der Waals surface area contributed by atoms with Crippen LogP contribution in [0.2, 0.25) is 0 Å². The third-order valence-electron chi connectivity index (χ3n) is 1.77. The van der Waals surface area contributed by atoms with Crippen molar-refractivity contribution >= 4 is 12.3 Å². The lowest BCUT2D eigenvalue weighted by atomic mass is 10.0. The lowest BCUT2D eigenvalue weighted by Gasteiger charge is -2.10. The molecule has 1 rings (SSSR count). The predicted octanol–water partition coefficient (Wildman–Crippen LogP) is 4.06. The lowest BCUT2D eigenvalue weighted by molar-refractivity contribution is -0.306. The van der Waals surface area contributed by atoms with Crippen LogP contribution in [-0.4, -0.2) is 43.6 Å². The smallest absolute Gasteiger partial charge is 0.450 e. The van der Waals surface area contributed by atoms with Crippen LogP contribution in [0.4, 0.5) is 9.59 Å². The van der Waals surface area contributed by atoms with Gasteiger partial charge in [0.1, 0.15) is 0 Å². The van der Waals surface area contributed by atoms with Crippen LogP contribution in [0.1, 0.15) is 59.3 Å². The first kappa shape index (κ1) is 23.5. The molecule has 0 aromatic carbocycles. The van der Waals surface area contributed by atoms with E-state index in [0.29, 0.717) is 0 Å². The Hall–Kier alpha value is -1.54. The summed E-state index contributed by atoms with van der Waals surface area (Å²) in [4.78, 5) is 21.0. The van der Waals surface area contributed by atoms with Crippen LogP contribution >= 0.6 is 0 Å². The number of carboxylic acid groups (broad SMARTS) is 4. The molecule has 122 valence electrons. The standard InChI is InChI=1S/C6H12.C4H10O2.2CH2O3/c1-2-4-6-5-3-1;1-4(2,3)6-5;2*2-1(3)4/h1-6H2;5H,1-3H3;2*(H2,2,3,4). The summed E-state index contributed by atoms with van der Waals surface area (Å²) < 4.78 is 0. The fourth-order valence-electron chi connectivity index (χ4n) is 1.06. The zero-order chi connectivity index (χ0) is 16.6. The summed E-state index contributed by atoms with van der Waals surface area (Å²) in [5.74, 6) is 0. The molecule has 0 atom stereocenters. The molecular formula is C12H26O8. The molecule has 20 heavy (non-hydrogen) atoms. The van der Waals surface area contributed by atoms with Gasteiger partial charge in [0.15, 0.2) is 0 Å². The molecule has 5 N–H and O–H groups in total. The van der Waals surface area contributed by atoms with Crippen molar-refractivity contribution in [2.45, 2.75) is 64.9 Å². The van der Waals surface area contributed by atoms with Crippen molar-refractivity contribution in [3.63, 3.8) is 0 Å². The molecule has 8 heteroatoms. The Morgan fingerprint density at radius 3 is 0.900 bits per heavy atom. The SMILES string of the molecule is C1CCCCC1.CC(C)(C)OO.O=C(O)O.O=C(O)O. The molecule has 0 radical (unpaired) electrons. The van der Waals surface area contributed by atoms with Crippen molar-refractivity contribution in [2.75, 3.05) is 0 Å². The maximum absolute atomic E-state index is 8.56. The highest BCUT2D eigenvalue weighted by atomic mass is 17.1. The normalized spacial score (nSPS) is 13.2. The van der Waals surface area contributed by atoms with Crippen molar-refractivity contribution in [1.82, 2.24) is 0 Å². The molecule has 0 amide bonds. The van der Waals surface area contributed by atoms with Crippen molar-refractivity contribution in [2.24, 2.45) is 0 Å². The molecule has 0 unspecified atom stereocenters. The lowest BCUT2D eigenvalue weighted by Crippen LogP contribution is -2.15. The second-order valence-corrected chi connectivity index (χ2v) is 4.89. The molecule has 0 aliphatic heterocycles. The van der Waals surface area contributed by atoms with Gasteiger partial charge in [-0.05, 0) is 20.8 Å². The second-order valence-electron chi connectivity index (χ2n) is 4.89. The zero-order valence-corrected chi connectivity index (χ0v) is 12.2. The van der Waals surface area contributed by atoms with E-state index in [1.807, 2.05) is 0 Å². The van der Waals surface area contributed by atoms with Crippen LogP contribution < -0.4 is 0 Å². The Labute approximate surface area is 118 Å². The highest BCUT2D eigenvalue weighted by Crippen LogP contribution is 2.15. The van der Waals surface area contributed by atoms with E-state index in [2.05, 4.69) is 4.89 Å². The Kier molecular flexibility index (Phi) is 18.3. The summed E-state index contributed by atoms with van der Waals surface area (Å²) in [7, 11) is 0. The largest absolute Gasteiger partial charge is 0.503 e. The van der Waals surface area contributed by atoms with Gasteiger partial charge in [-0.2, -0.15) is 0 Å². The van der Waals surface area contributed by atoms with Gasteiger partial charge in [0.25, 0.3) is 0 Å². The van der Waals surface area contributed by atoms with E-state index in [1.54, 1.807) is 20.8 Å². The molecule has 0 saturated heterocycles. The number of hydrogen-bond donors (Lipinski definition) is 5. The zero-order valence-electron chi connectivity index (χ0n) is 12.2. The molecule has 0 aromatic heterocycles. The first-order chi connectivity index (χ1) is 9.02. The molecule has 1 aliphatic rings. The number of hydrogen-bond acceptors (Lipinski definition) is 4. The summed E-state index contributed by atoms with van der Waals surface area (Å²) in [5, 5.41) is 35.8. The van der Waals surface area contributed by atoms with Gasteiger partial charge in [0, 0.05) is 0 Å². The predicted molar refractivity (Wildman–Crippen MR) is 72.5 cm³/mol. The van der Waals surface area contributed by atoms with Crippen molar-refractivity contribution in [3.8, 4) is 0 Å². The van der Waals surface area contributed by atoms with Crippen molar-refractivity contribution < 1.29 is 40.2 Å². The molecular weight excluding hydrogens is 272 g/mol. The number of carbonyl (C=O) groups is 2. The van der Waals surface area contributed by atoms with E-state index >= 15 is 0 Å². The van der Waals surface area contributed by atoms with Gasteiger partial charge >= 0.3 is 12.3 Å². The van der Waals surface area contributed by atoms with Gasteiger partial charge in [-0.1, -0.05) is 38.5 Å². The molecule has 1 fully saturated rings. The average molecular weight is 298 g/mol. The fourth-order valence-corrected chi connectivity index (χ4v) is 1.06. The van der Waals surface area contributed by atoms with E-state index in [9.17, 15) is 0 Å². The maximum atomic E-state index is 8.56. The quantitative estimate of drug-likeness (QED) is 0.332. The molecule has 1 saturated carbocycles. The van der Waals surface area contributed by atoms with E-state index < -0.39 is 17.9 Å². The summed E-state index contributed by atoms with van der Waals surface area (Å²) >= 11 is 0. The van der Waals surface area contributed by atoms with Crippen molar-refractivity contribution in [1.29, 1.82) is 0 Å². The summed E-state index contributed by atoms with van der Waals surface area (Å²) in [6.45, 7) is 5.31. The fraction of sp³-hybridized carbons (Fsp3) is 0.833. The molecule has 0 aromatic rings. The van der Waals surface area contributed by atoms with Gasteiger partial charge in [0.2, 0.25) is 0 Å². The Bertz CT molecular complexity index is 199. The highest BCUT2D eigenvalue weighted by molar-refractivity contribution is 5.53. The average Bonchev–Trinajstić information content (AvgIpc) is 2.29. The second kappa shape index (κ2) is 15.5. The van der Waals surface area contributed by atoms with Crippen LogP contribution in [-0.2, 0) is 4.89 Å². The molecule has 0 heterocycles. The van der Waals surface area contributed by atoms with E-state index in [1.165, 1.54) is 38.5 Å². The first-order valence-corrected chi connectivity index (χ1v) is 6.19. The van der Waals surface area contributed by atoms with E-state index in [4.69, 9.17) is 35.3 Å². The van der Waals surface area contributed by atoms with Crippen LogP contribution in [0.25, 0.3) is 0 Å². The van der Waals surface area contributed by atoms with Crippen LogP contribution in [0.5, 0.6) is 0 Å². The van der Waals surface area contributed by atoms with Gasteiger partial charge in [0.05, 0.1) is 5.60 Å².